The van der Waals surface area contributed by atoms with Crippen LogP contribution in [0.25, 0.3) is 0 Å². The minimum absolute atomic E-state index is 0.145. The monoisotopic (exact) mass is 275 g/mol. The number of nitro groups is 1. The lowest BCUT2D eigenvalue weighted by Crippen LogP contribution is -2.26. The fourth-order valence-electron chi connectivity index (χ4n) is 1.83. The lowest BCUT2D eigenvalue weighted by Gasteiger charge is -2.20. The van der Waals surface area contributed by atoms with Crippen molar-refractivity contribution in [3.63, 3.8) is 0 Å². The fourth-order valence-corrected chi connectivity index (χ4v) is 1.83. The highest BCUT2D eigenvalue weighted by molar-refractivity contribution is 5.96. The lowest BCUT2D eigenvalue weighted by molar-refractivity contribution is -0.384. The molecule has 1 heterocycles. The Kier molecular flexibility index (Phi) is 3.75. The Bertz CT molecular complexity index is 606. The first kappa shape index (κ1) is 13.7. The zero-order valence-corrected chi connectivity index (χ0v) is 10.8. The van der Waals surface area contributed by atoms with Gasteiger partial charge in [0.25, 0.3) is 11.6 Å². The van der Waals surface area contributed by atoms with E-state index in [-0.39, 0.29) is 35.7 Å². The van der Waals surface area contributed by atoms with Crippen LogP contribution in [0.5, 0.6) is 5.75 Å². The van der Waals surface area contributed by atoms with Gasteiger partial charge in [-0.1, -0.05) is 12.8 Å². The van der Waals surface area contributed by atoms with E-state index in [0.29, 0.717) is 12.1 Å². The molecule has 1 aliphatic rings. The predicted octanol–water partition coefficient (Wildman–Crippen LogP) is 1.75. The summed E-state index contributed by atoms with van der Waals surface area (Å²) in [5.74, 6) is 2.47. The van der Waals surface area contributed by atoms with Crippen LogP contribution in [0.4, 0.5) is 17.1 Å². The highest BCUT2D eigenvalue weighted by atomic mass is 16.6. The van der Waals surface area contributed by atoms with E-state index in [4.69, 9.17) is 11.2 Å². The normalized spacial score (nSPS) is 14.3. The largest absolute Gasteiger partial charge is 0.481 e. The summed E-state index contributed by atoms with van der Waals surface area (Å²) in [5, 5.41) is 16.6. The molecule has 1 atom stereocenters. The Morgan fingerprint density at radius 2 is 2.40 bits per heavy atom. The summed E-state index contributed by atoms with van der Waals surface area (Å²) < 4.78 is 5.15. The Morgan fingerprint density at radius 3 is 3.00 bits per heavy atom. The van der Waals surface area contributed by atoms with Gasteiger partial charge in [0.1, 0.15) is 5.69 Å². The molecule has 7 heteroatoms. The van der Waals surface area contributed by atoms with Gasteiger partial charge in [-0.05, 0) is 12.5 Å². The van der Waals surface area contributed by atoms with E-state index in [2.05, 4.69) is 16.6 Å². The highest BCUT2D eigenvalue weighted by Crippen LogP contribution is 2.38. The van der Waals surface area contributed by atoms with Crippen LogP contribution in [-0.2, 0) is 4.79 Å². The van der Waals surface area contributed by atoms with E-state index in [1.165, 1.54) is 12.1 Å². The average Bonchev–Trinajstić information content (AvgIpc) is 2.43. The standard InChI is InChI=1S/C13H13N3O4/c1-3-8(4-2)14-9-5-10-12(6-11(9)16(18)19)20-7-13(17)15-10/h1,5-6,8,14H,4,7H2,2H3,(H,15,17). The van der Waals surface area contributed by atoms with Gasteiger partial charge in [0.05, 0.1) is 22.7 Å². The summed E-state index contributed by atoms with van der Waals surface area (Å²) in [5.41, 5.74) is 0.499. The molecule has 0 saturated heterocycles. The van der Waals surface area contributed by atoms with Crippen molar-refractivity contribution in [1.29, 1.82) is 0 Å². The number of benzene rings is 1. The number of carbonyl (C=O) groups is 1. The third kappa shape index (κ3) is 2.64. The molecule has 0 spiro atoms. The SMILES string of the molecule is C#CC(CC)Nc1cc2c(cc1[N+](=O)[O-])OCC(=O)N2. The number of terminal acetylenes is 1. The molecule has 0 aromatic heterocycles. The number of fused-ring (bicyclic) bond motifs is 1. The Balaban J connectivity index is 2.43. The second kappa shape index (κ2) is 5.48. The highest BCUT2D eigenvalue weighted by Gasteiger charge is 2.24. The van der Waals surface area contributed by atoms with Crippen LogP contribution in [0.2, 0.25) is 0 Å². The maximum atomic E-state index is 11.3. The van der Waals surface area contributed by atoms with Crippen LogP contribution in [0.1, 0.15) is 13.3 Å². The van der Waals surface area contributed by atoms with Crippen molar-refractivity contribution in [2.75, 3.05) is 17.2 Å². The van der Waals surface area contributed by atoms with Crippen LogP contribution in [0.15, 0.2) is 12.1 Å². The second-order valence-corrected chi connectivity index (χ2v) is 4.23. The van der Waals surface area contributed by atoms with Gasteiger partial charge in [-0.25, -0.2) is 0 Å². The second-order valence-electron chi connectivity index (χ2n) is 4.23. The number of nitrogens with one attached hydrogen (secondary N) is 2. The van der Waals surface area contributed by atoms with Gasteiger partial charge >= 0.3 is 0 Å². The van der Waals surface area contributed by atoms with E-state index in [0.717, 1.165) is 0 Å². The number of nitrogens with zero attached hydrogens (tertiary/aromatic N) is 1. The molecular formula is C13H13N3O4. The molecule has 0 bridgehead atoms. The minimum atomic E-state index is -0.522. The van der Waals surface area contributed by atoms with Crippen LogP contribution < -0.4 is 15.4 Å². The van der Waals surface area contributed by atoms with Crippen LogP contribution in [0, 0.1) is 22.5 Å². The van der Waals surface area contributed by atoms with Gasteiger partial charge in [0.15, 0.2) is 12.4 Å². The summed E-state index contributed by atoms with van der Waals surface area (Å²) in [6, 6.07) is 2.41. The van der Waals surface area contributed by atoms with Crippen molar-refractivity contribution in [3.8, 4) is 18.1 Å². The molecule has 2 rings (SSSR count). The molecule has 1 unspecified atom stereocenters. The van der Waals surface area contributed by atoms with Crippen molar-refractivity contribution in [3.05, 3.63) is 22.2 Å². The molecule has 1 aromatic carbocycles. The quantitative estimate of drug-likeness (QED) is 0.496. The number of ether oxygens (including phenoxy) is 1. The first-order valence-electron chi connectivity index (χ1n) is 6.03. The van der Waals surface area contributed by atoms with Crippen molar-refractivity contribution in [2.45, 2.75) is 19.4 Å². The van der Waals surface area contributed by atoms with Crippen molar-refractivity contribution < 1.29 is 14.5 Å². The maximum absolute atomic E-state index is 11.3. The molecule has 0 radical (unpaired) electrons. The molecule has 0 aliphatic carbocycles. The number of hydrogen-bond acceptors (Lipinski definition) is 5. The van der Waals surface area contributed by atoms with E-state index >= 15 is 0 Å². The number of amides is 1. The van der Waals surface area contributed by atoms with Crippen LogP contribution in [0.3, 0.4) is 0 Å². The van der Waals surface area contributed by atoms with Gasteiger partial charge in [0, 0.05) is 0 Å². The molecule has 0 fully saturated rings. The molecule has 2 N–H and O–H groups in total. The average molecular weight is 275 g/mol. The summed E-state index contributed by atoms with van der Waals surface area (Å²) in [6.07, 6.45) is 5.96. The summed E-state index contributed by atoms with van der Waals surface area (Å²) in [6.45, 7) is 1.71. The topological polar surface area (TPSA) is 93.5 Å². The van der Waals surface area contributed by atoms with Crippen LogP contribution >= 0.6 is 0 Å². The van der Waals surface area contributed by atoms with E-state index in [1.54, 1.807) is 0 Å². The van der Waals surface area contributed by atoms with Crippen molar-refractivity contribution in [2.24, 2.45) is 0 Å². The third-order valence-corrected chi connectivity index (χ3v) is 2.87. The first-order valence-corrected chi connectivity index (χ1v) is 6.03. The number of rotatable bonds is 4. The summed E-state index contributed by atoms with van der Waals surface area (Å²) in [4.78, 5) is 21.8. The Hall–Kier alpha value is -2.75. The summed E-state index contributed by atoms with van der Waals surface area (Å²) >= 11 is 0. The number of nitro benzene ring substituents is 1. The molecule has 104 valence electrons. The molecule has 7 nitrogen and oxygen atoms in total. The first-order chi connectivity index (χ1) is 9.55. The van der Waals surface area contributed by atoms with Gasteiger partial charge < -0.3 is 15.4 Å². The maximum Gasteiger partial charge on any atom is 0.296 e. The zero-order valence-electron chi connectivity index (χ0n) is 10.8. The van der Waals surface area contributed by atoms with E-state index in [1.807, 2.05) is 6.92 Å². The molecule has 1 amide bonds. The molecule has 1 aliphatic heterocycles. The smallest absolute Gasteiger partial charge is 0.296 e. The van der Waals surface area contributed by atoms with Gasteiger partial charge in [0.2, 0.25) is 0 Å². The summed E-state index contributed by atoms with van der Waals surface area (Å²) in [7, 11) is 0. The molecule has 20 heavy (non-hydrogen) atoms. The fraction of sp³-hybridized carbons (Fsp3) is 0.308. The van der Waals surface area contributed by atoms with Crippen molar-refractivity contribution in [1.82, 2.24) is 0 Å². The van der Waals surface area contributed by atoms with E-state index in [9.17, 15) is 14.9 Å². The van der Waals surface area contributed by atoms with Crippen molar-refractivity contribution >= 4 is 23.0 Å². The van der Waals surface area contributed by atoms with Gasteiger partial charge in [-0.15, -0.1) is 6.42 Å². The van der Waals surface area contributed by atoms with Crippen LogP contribution in [-0.4, -0.2) is 23.5 Å². The minimum Gasteiger partial charge on any atom is -0.481 e. The lowest BCUT2D eigenvalue weighted by atomic mass is 10.1. The third-order valence-electron chi connectivity index (χ3n) is 2.87. The van der Waals surface area contributed by atoms with Gasteiger partial charge in [-0.3, -0.25) is 14.9 Å². The number of hydrogen-bond donors (Lipinski definition) is 2. The molecule has 0 saturated carbocycles. The molecule has 1 aromatic rings. The Labute approximate surface area is 115 Å². The zero-order chi connectivity index (χ0) is 14.7. The Morgan fingerprint density at radius 1 is 1.65 bits per heavy atom. The van der Waals surface area contributed by atoms with Gasteiger partial charge in [-0.2, -0.15) is 0 Å². The number of anilines is 2. The number of carbonyl (C=O) groups excluding carboxylic acids is 1. The molecular weight excluding hydrogens is 262 g/mol. The van der Waals surface area contributed by atoms with E-state index < -0.39 is 4.92 Å². The predicted molar refractivity (Wildman–Crippen MR) is 73.8 cm³/mol.